The van der Waals surface area contributed by atoms with Gasteiger partial charge >= 0.3 is 0 Å². The summed E-state index contributed by atoms with van der Waals surface area (Å²) < 4.78 is 0. The number of para-hydroxylation sites is 1. The molecule has 0 saturated heterocycles. The second-order valence-corrected chi connectivity index (χ2v) is 14.2. The van der Waals surface area contributed by atoms with Crippen LogP contribution >= 0.6 is 0 Å². The molecule has 0 unspecified atom stereocenters. The zero-order valence-electron chi connectivity index (χ0n) is 21.3. The van der Waals surface area contributed by atoms with Crippen molar-refractivity contribution in [3.63, 3.8) is 0 Å². The van der Waals surface area contributed by atoms with Crippen molar-refractivity contribution in [3.8, 4) is 47.0 Å². The molecule has 0 bridgehead atoms. The third kappa shape index (κ3) is 7.31. The van der Waals surface area contributed by atoms with Gasteiger partial charge in [0.1, 0.15) is 8.07 Å². The van der Waals surface area contributed by atoms with Crippen LogP contribution in [-0.2, 0) is 0 Å². The molecule has 2 heteroatoms. The number of nitrogen functional groups attached to an aromatic ring is 1. The molecule has 0 aliphatic rings. The normalized spacial score (nSPS) is 9.81. The van der Waals surface area contributed by atoms with Crippen LogP contribution in [0.15, 0.2) is 97.1 Å². The molecule has 0 radical (unpaired) electrons. The Morgan fingerprint density at radius 1 is 0.405 bits per heavy atom. The van der Waals surface area contributed by atoms with Gasteiger partial charge in [-0.05, 0) is 48.5 Å². The third-order valence-corrected chi connectivity index (χ3v) is 6.18. The first-order chi connectivity index (χ1) is 17.9. The fourth-order valence-electron chi connectivity index (χ4n) is 3.37. The van der Waals surface area contributed by atoms with E-state index in [1.807, 2.05) is 97.1 Å². The summed E-state index contributed by atoms with van der Waals surface area (Å²) in [5.74, 6) is 23.0. The summed E-state index contributed by atoms with van der Waals surface area (Å²) in [4.78, 5) is 0. The predicted molar refractivity (Wildman–Crippen MR) is 158 cm³/mol. The van der Waals surface area contributed by atoms with Gasteiger partial charge in [0, 0.05) is 44.6 Å². The molecule has 176 valence electrons. The third-order valence-electron chi connectivity index (χ3n) is 5.31. The fraction of sp³-hybridized carbons (Fsp3) is 0.0857. The van der Waals surface area contributed by atoms with E-state index in [0.717, 1.165) is 38.9 Å². The average molecular weight is 490 g/mol. The second kappa shape index (κ2) is 11.7. The Morgan fingerprint density at radius 2 is 0.676 bits per heavy atom. The maximum absolute atomic E-state index is 6.04. The number of rotatable bonds is 0. The first-order valence-corrected chi connectivity index (χ1v) is 15.6. The van der Waals surface area contributed by atoms with Crippen LogP contribution in [0, 0.1) is 47.0 Å². The van der Waals surface area contributed by atoms with E-state index in [1.54, 1.807) is 0 Å². The van der Waals surface area contributed by atoms with Gasteiger partial charge in [0.05, 0.1) is 0 Å². The molecule has 0 fully saturated rings. The van der Waals surface area contributed by atoms with Gasteiger partial charge in [0.2, 0.25) is 0 Å². The summed E-state index contributed by atoms with van der Waals surface area (Å²) in [6, 6.07) is 31.5. The maximum Gasteiger partial charge on any atom is 0.129 e. The zero-order chi connectivity index (χ0) is 26.1. The molecule has 4 rings (SSSR count). The van der Waals surface area contributed by atoms with Gasteiger partial charge in [-0.25, -0.2) is 0 Å². The van der Waals surface area contributed by atoms with Crippen molar-refractivity contribution in [1.82, 2.24) is 0 Å². The lowest BCUT2D eigenvalue weighted by Gasteiger charge is -2.04. The van der Waals surface area contributed by atoms with Crippen LogP contribution in [0.5, 0.6) is 0 Å². The Hall–Kier alpha value is -4.86. The van der Waals surface area contributed by atoms with Crippen LogP contribution < -0.4 is 5.73 Å². The summed E-state index contributed by atoms with van der Waals surface area (Å²) in [6.07, 6.45) is 0. The molecule has 0 aliphatic carbocycles. The van der Waals surface area contributed by atoms with Gasteiger partial charge in [-0.2, -0.15) is 0 Å². The molecule has 37 heavy (non-hydrogen) atoms. The van der Waals surface area contributed by atoms with Gasteiger partial charge in [0.15, 0.2) is 0 Å². The Balaban J connectivity index is 1.66. The molecule has 0 aromatic heterocycles. The number of anilines is 1. The highest BCUT2D eigenvalue weighted by Crippen LogP contribution is 2.13. The lowest BCUT2D eigenvalue weighted by atomic mass is 10.0. The van der Waals surface area contributed by atoms with E-state index in [9.17, 15) is 0 Å². The SMILES string of the molecule is C[Si](C)(C)C#Cc1ccccc1C#Cc1ccccc1C#Cc1ccccc1C#Cc1ccccc1N. The predicted octanol–water partition coefficient (Wildman–Crippen LogP) is 6.70. The van der Waals surface area contributed by atoms with Crippen LogP contribution in [0.3, 0.4) is 0 Å². The number of hydrogen-bond acceptors (Lipinski definition) is 1. The summed E-state index contributed by atoms with van der Waals surface area (Å²) >= 11 is 0. The van der Waals surface area contributed by atoms with E-state index in [0.29, 0.717) is 5.69 Å². The van der Waals surface area contributed by atoms with Crippen LogP contribution in [0.2, 0.25) is 19.6 Å². The van der Waals surface area contributed by atoms with Crippen LogP contribution in [0.1, 0.15) is 38.9 Å². The highest BCUT2D eigenvalue weighted by atomic mass is 28.3. The smallest absolute Gasteiger partial charge is 0.129 e. The van der Waals surface area contributed by atoms with Crippen LogP contribution in [0.4, 0.5) is 5.69 Å². The Bertz CT molecular complexity index is 1690. The molecule has 4 aromatic carbocycles. The minimum Gasteiger partial charge on any atom is -0.398 e. The highest BCUT2D eigenvalue weighted by Gasteiger charge is 2.08. The zero-order valence-corrected chi connectivity index (χ0v) is 22.3. The molecule has 2 N–H and O–H groups in total. The lowest BCUT2D eigenvalue weighted by molar-refractivity contribution is 1.55. The number of benzene rings is 4. The van der Waals surface area contributed by atoms with E-state index < -0.39 is 8.07 Å². The number of nitrogens with two attached hydrogens (primary N) is 1. The molecule has 0 amide bonds. The number of hydrogen-bond donors (Lipinski definition) is 1. The summed E-state index contributed by atoms with van der Waals surface area (Å²) in [5, 5.41) is 0. The van der Waals surface area contributed by atoms with E-state index in [4.69, 9.17) is 5.73 Å². The molecule has 0 heterocycles. The van der Waals surface area contributed by atoms with Crippen molar-refractivity contribution in [1.29, 1.82) is 0 Å². The van der Waals surface area contributed by atoms with Crippen molar-refractivity contribution in [2.24, 2.45) is 0 Å². The molecular formula is C35H27NSi. The molecule has 0 aliphatic heterocycles. The second-order valence-electron chi connectivity index (χ2n) is 9.47. The van der Waals surface area contributed by atoms with E-state index in [-0.39, 0.29) is 0 Å². The topological polar surface area (TPSA) is 26.0 Å². The first kappa shape index (κ1) is 25.2. The van der Waals surface area contributed by atoms with Crippen molar-refractivity contribution in [3.05, 3.63) is 136 Å². The molecule has 0 saturated carbocycles. The van der Waals surface area contributed by atoms with Crippen LogP contribution in [0.25, 0.3) is 0 Å². The monoisotopic (exact) mass is 489 g/mol. The Morgan fingerprint density at radius 3 is 1.00 bits per heavy atom. The maximum atomic E-state index is 6.04. The van der Waals surface area contributed by atoms with Gasteiger partial charge in [-0.15, -0.1) is 5.54 Å². The van der Waals surface area contributed by atoms with Gasteiger partial charge in [0.25, 0.3) is 0 Å². The van der Waals surface area contributed by atoms with E-state index in [2.05, 4.69) is 66.6 Å². The summed E-state index contributed by atoms with van der Waals surface area (Å²) in [5.41, 5.74) is 16.3. The summed E-state index contributed by atoms with van der Waals surface area (Å²) in [7, 11) is -1.48. The highest BCUT2D eigenvalue weighted by molar-refractivity contribution is 6.83. The molecule has 4 aromatic rings. The molecule has 0 spiro atoms. The largest absolute Gasteiger partial charge is 0.398 e. The lowest BCUT2D eigenvalue weighted by Crippen LogP contribution is -2.16. The van der Waals surface area contributed by atoms with Crippen molar-refractivity contribution in [2.75, 3.05) is 5.73 Å². The average Bonchev–Trinajstić information content (AvgIpc) is 2.90. The Labute approximate surface area is 221 Å². The minimum absolute atomic E-state index is 0.666. The van der Waals surface area contributed by atoms with Crippen molar-refractivity contribution >= 4 is 13.8 Å². The van der Waals surface area contributed by atoms with Gasteiger partial charge in [-0.3, -0.25) is 0 Å². The fourth-order valence-corrected chi connectivity index (χ4v) is 3.88. The molecule has 0 atom stereocenters. The summed E-state index contributed by atoms with van der Waals surface area (Å²) in [6.45, 7) is 6.72. The van der Waals surface area contributed by atoms with E-state index >= 15 is 0 Å². The van der Waals surface area contributed by atoms with Crippen LogP contribution in [-0.4, -0.2) is 8.07 Å². The first-order valence-electron chi connectivity index (χ1n) is 12.1. The molecular weight excluding hydrogens is 462 g/mol. The Kier molecular flexibility index (Phi) is 7.99. The van der Waals surface area contributed by atoms with Crippen molar-refractivity contribution < 1.29 is 0 Å². The quantitative estimate of drug-likeness (QED) is 0.166. The standard InChI is InChI=1S/C35H27NSi/c1-37(2,3)27-26-33-17-9-8-16-32(33)23-22-29-13-5-4-12-28(29)20-21-30-14-6-7-15-31(30)24-25-34-18-10-11-19-35(34)36/h4-19H,36H2,1-3H3. The molecule has 1 nitrogen and oxygen atoms in total. The van der Waals surface area contributed by atoms with Crippen molar-refractivity contribution in [2.45, 2.75) is 19.6 Å². The van der Waals surface area contributed by atoms with Gasteiger partial charge < -0.3 is 5.73 Å². The van der Waals surface area contributed by atoms with E-state index in [1.165, 1.54) is 0 Å². The van der Waals surface area contributed by atoms with Gasteiger partial charge in [-0.1, -0.05) is 110 Å². The minimum atomic E-state index is -1.48.